The molecule has 0 heterocycles. The first kappa shape index (κ1) is 16.7. The summed E-state index contributed by atoms with van der Waals surface area (Å²) in [6, 6.07) is 5.78. The Bertz CT molecular complexity index is 451. The van der Waals surface area contributed by atoms with Gasteiger partial charge in [-0.25, -0.2) is 0 Å². The number of ketones is 1. The van der Waals surface area contributed by atoms with E-state index in [9.17, 15) is 4.79 Å². The SMILES string of the molecule is CCC(C)C(C)C(C)CC(=O)c1ccc(C)cc1OC. The van der Waals surface area contributed by atoms with Crippen LogP contribution >= 0.6 is 0 Å². The quantitative estimate of drug-likeness (QED) is 0.662. The lowest BCUT2D eigenvalue weighted by atomic mass is 9.80. The van der Waals surface area contributed by atoms with Crippen LogP contribution in [0.3, 0.4) is 0 Å². The molecule has 0 aliphatic heterocycles. The van der Waals surface area contributed by atoms with Gasteiger partial charge in [0.05, 0.1) is 12.7 Å². The molecule has 0 aromatic heterocycles. The van der Waals surface area contributed by atoms with Crippen LogP contribution < -0.4 is 4.74 Å². The fourth-order valence-electron chi connectivity index (χ4n) is 2.55. The van der Waals surface area contributed by atoms with Crippen molar-refractivity contribution in [1.82, 2.24) is 0 Å². The van der Waals surface area contributed by atoms with Gasteiger partial charge in [0.25, 0.3) is 0 Å². The Labute approximate surface area is 123 Å². The maximum atomic E-state index is 12.5. The number of rotatable bonds is 7. The summed E-state index contributed by atoms with van der Waals surface area (Å²) in [7, 11) is 1.62. The Balaban J connectivity index is 2.81. The van der Waals surface area contributed by atoms with Gasteiger partial charge < -0.3 is 4.74 Å². The van der Waals surface area contributed by atoms with Crippen LogP contribution in [-0.4, -0.2) is 12.9 Å². The van der Waals surface area contributed by atoms with Crippen LogP contribution in [0, 0.1) is 24.7 Å². The molecule has 0 N–H and O–H groups in total. The average Bonchev–Trinajstić information content (AvgIpc) is 2.44. The first-order valence-corrected chi connectivity index (χ1v) is 7.58. The van der Waals surface area contributed by atoms with Crippen LogP contribution in [0.4, 0.5) is 0 Å². The molecule has 0 saturated carbocycles. The molecule has 0 aliphatic carbocycles. The van der Waals surface area contributed by atoms with Crippen molar-refractivity contribution in [3.8, 4) is 5.75 Å². The van der Waals surface area contributed by atoms with E-state index < -0.39 is 0 Å². The molecule has 0 fully saturated rings. The number of hydrogen-bond acceptors (Lipinski definition) is 2. The van der Waals surface area contributed by atoms with E-state index >= 15 is 0 Å². The molecule has 1 aromatic carbocycles. The predicted molar refractivity (Wildman–Crippen MR) is 84.5 cm³/mol. The number of ether oxygens (including phenoxy) is 1. The van der Waals surface area contributed by atoms with Crippen LogP contribution in [0.2, 0.25) is 0 Å². The molecule has 2 nitrogen and oxygen atoms in total. The third-order valence-corrected chi connectivity index (χ3v) is 4.60. The first-order valence-electron chi connectivity index (χ1n) is 7.58. The summed E-state index contributed by atoms with van der Waals surface area (Å²) in [5.74, 6) is 2.48. The van der Waals surface area contributed by atoms with Crippen molar-refractivity contribution in [2.24, 2.45) is 17.8 Å². The van der Waals surface area contributed by atoms with Gasteiger partial charge in [-0.2, -0.15) is 0 Å². The maximum Gasteiger partial charge on any atom is 0.166 e. The van der Waals surface area contributed by atoms with Gasteiger partial charge in [-0.3, -0.25) is 4.79 Å². The van der Waals surface area contributed by atoms with Crippen molar-refractivity contribution >= 4 is 5.78 Å². The highest BCUT2D eigenvalue weighted by atomic mass is 16.5. The van der Waals surface area contributed by atoms with Crippen LogP contribution in [-0.2, 0) is 0 Å². The lowest BCUT2D eigenvalue weighted by Crippen LogP contribution is -2.19. The Morgan fingerprint density at radius 1 is 1.20 bits per heavy atom. The molecule has 0 saturated heterocycles. The molecular weight excluding hydrogens is 248 g/mol. The predicted octanol–water partition coefficient (Wildman–Crippen LogP) is 4.89. The molecule has 0 bridgehead atoms. The van der Waals surface area contributed by atoms with Gasteiger partial charge >= 0.3 is 0 Å². The minimum Gasteiger partial charge on any atom is -0.496 e. The van der Waals surface area contributed by atoms with Gasteiger partial charge in [-0.05, 0) is 42.4 Å². The van der Waals surface area contributed by atoms with Crippen molar-refractivity contribution < 1.29 is 9.53 Å². The number of aryl methyl sites for hydroxylation is 1. The summed E-state index contributed by atoms with van der Waals surface area (Å²) in [5, 5.41) is 0. The summed E-state index contributed by atoms with van der Waals surface area (Å²) in [5.41, 5.74) is 1.82. The van der Waals surface area contributed by atoms with E-state index in [-0.39, 0.29) is 5.78 Å². The van der Waals surface area contributed by atoms with E-state index in [2.05, 4.69) is 27.7 Å². The second-order valence-electron chi connectivity index (χ2n) is 6.05. The average molecular weight is 276 g/mol. The molecule has 0 aliphatic rings. The standard InChI is InChI=1S/C18H28O2/c1-7-13(3)15(5)14(4)11-17(19)16-9-8-12(2)10-18(16)20-6/h8-10,13-15H,7,11H2,1-6H3. The highest BCUT2D eigenvalue weighted by Crippen LogP contribution is 2.28. The third kappa shape index (κ3) is 4.09. The van der Waals surface area contributed by atoms with E-state index in [0.717, 1.165) is 12.0 Å². The molecule has 0 amide bonds. The number of benzene rings is 1. The van der Waals surface area contributed by atoms with Crippen molar-refractivity contribution in [3.05, 3.63) is 29.3 Å². The zero-order valence-electron chi connectivity index (χ0n) is 13.7. The lowest BCUT2D eigenvalue weighted by Gasteiger charge is -2.25. The van der Waals surface area contributed by atoms with Gasteiger partial charge in [-0.1, -0.05) is 40.2 Å². The summed E-state index contributed by atoms with van der Waals surface area (Å²) < 4.78 is 5.34. The number of carbonyl (C=O) groups excluding carboxylic acids is 1. The van der Waals surface area contributed by atoms with E-state index in [1.807, 2.05) is 25.1 Å². The Kier molecular flexibility index (Phi) is 6.25. The van der Waals surface area contributed by atoms with Gasteiger partial charge in [-0.15, -0.1) is 0 Å². The summed E-state index contributed by atoms with van der Waals surface area (Å²) in [4.78, 5) is 12.5. The van der Waals surface area contributed by atoms with Crippen molar-refractivity contribution in [2.75, 3.05) is 7.11 Å². The number of carbonyl (C=O) groups is 1. The van der Waals surface area contributed by atoms with E-state index in [4.69, 9.17) is 4.74 Å². The summed E-state index contributed by atoms with van der Waals surface area (Å²) in [6.07, 6.45) is 1.75. The van der Waals surface area contributed by atoms with E-state index in [0.29, 0.717) is 35.5 Å². The van der Waals surface area contributed by atoms with Gasteiger partial charge in [0.15, 0.2) is 5.78 Å². The highest BCUT2D eigenvalue weighted by molar-refractivity contribution is 5.98. The zero-order chi connectivity index (χ0) is 15.3. The molecule has 3 unspecified atom stereocenters. The minimum atomic E-state index is 0.185. The maximum absolute atomic E-state index is 12.5. The van der Waals surface area contributed by atoms with E-state index in [1.54, 1.807) is 7.11 Å². The molecule has 2 heteroatoms. The fraction of sp³-hybridized carbons (Fsp3) is 0.611. The van der Waals surface area contributed by atoms with E-state index in [1.165, 1.54) is 0 Å². The third-order valence-electron chi connectivity index (χ3n) is 4.60. The molecule has 3 atom stereocenters. The van der Waals surface area contributed by atoms with Gasteiger partial charge in [0.1, 0.15) is 5.75 Å². The highest BCUT2D eigenvalue weighted by Gasteiger charge is 2.22. The molecule has 0 spiro atoms. The van der Waals surface area contributed by atoms with Crippen LogP contribution in [0.25, 0.3) is 0 Å². The Morgan fingerprint density at radius 2 is 1.85 bits per heavy atom. The number of Topliss-reactive ketones (excluding diaryl/α,β-unsaturated/α-hetero) is 1. The molecule has 1 rings (SSSR count). The summed E-state index contributed by atoms with van der Waals surface area (Å²) >= 11 is 0. The number of methoxy groups -OCH3 is 1. The monoisotopic (exact) mass is 276 g/mol. The van der Waals surface area contributed by atoms with Crippen molar-refractivity contribution in [2.45, 2.75) is 47.5 Å². The fourth-order valence-corrected chi connectivity index (χ4v) is 2.55. The smallest absolute Gasteiger partial charge is 0.166 e. The summed E-state index contributed by atoms with van der Waals surface area (Å²) in [6.45, 7) is 10.9. The lowest BCUT2D eigenvalue weighted by molar-refractivity contribution is 0.0937. The normalized spacial score (nSPS) is 15.5. The topological polar surface area (TPSA) is 26.3 Å². The molecule has 0 radical (unpaired) electrons. The second-order valence-corrected chi connectivity index (χ2v) is 6.05. The minimum absolute atomic E-state index is 0.185. The van der Waals surface area contributed by atoms with Crippen molar-refractivity contribution in [1.29, 1.82) is 0 Å². The molecule has 1 aromatic rings. The van der Waals surface area contributed by atoms with Crippen LogP contribution in [0.15, 0.2) is 18.2 Å². The number of hydrogen-bond donors (Lipinski definition) is 0. The second kappa shape index (κ2) is 7.47. The van der Waals surface area contributed by atoms with Gasteiger partial charge in [0.2, 0.25) is 0 Å². The molecule has 20 heavy (non-hydrogen) atoms. The zero-order valence-corrected chi connectivity index (χ0v) is 13.7. The van der Waals surface area contributed by atoms with Crippen molar-refractivity contribution in [3.63, 3.8) is 0 Å². The van der Waals surface area contributed by atoms with Crippen LogP contribution in [0.5, 0.6) is 5.75 Å². The Hall–Kier alpha value is -1.31. The molecule has 112 valence electrons. The first-order chi connectivity index (χ1) is 9.40. The largest absolute Gasteiger partial charge is 0.496 e. The Morgan fingerprint density at radius 3 is 2.40 bits per heavy atom. The van der Waals surface area contributed by atoms with Crippen LogP contribution in [0.1, 0.15) is 56.5 Å². The molecular formula is C18H28O2. The van der Waals surface area contributed by atoms with Gasteiger partial charge in [0, 0.05) is 6.42 Å².